The number of benzene rings is 7. The maximum Gasteiger partial charge on any atom is 0.329 e. The molecule has 8 aromatic rings. The highest BCUT2D eigenvalue weighted by Crippen LogP contribution is 2.61. The number of para-hydroxylation sites is 1. The van der Waals surface area contributed by atoms with Gasteiger partial charge < -0.3 is 9.38 Å². The third-order valence-electron chi connectivity index (χ3n) is 18.3. The molecular formula is C62H59BN2. The van der Waals surface area contributed by atoms with E-state index in [0.717, 1.165) is 6.42 Å². The van der Waals surface area contributed by atoms with Crippen molar-refractivity contribution >= 4 is 62.0 Å². The van der Waals surface area contributed by atoms with Crippen LogP contribution in [-0.4, -0.2) is 11.3 Å². The lowest BCUT2D eigenvalue weighted by atomic mass is 9.40. The summed E-state index contributed by atoms with van der Waals surface area (Å²) in [5, 5.41) is 5.32. The Balaban J connectivity index is 1.18. The van der Waals surface area contributed by atoms with Gasteiger partial charge in [0.2, 0.25) is 0 Å². The van der Waals surface area contributed by atoms with Crippen LogP contribution in [-0.2, 0) is 33.5 Å². The van der Waals surface area contributed by atoms with Crippen LogP contribution in [0.5, 0.6) is 0 Å². The molecule has 14 rings (SSSR count). The zero-order valence-electron chi connectivity index (χ0n) is 40.0. The fraction of sp³-hybridized carbons (Fsp3) is 0.323. The molecule has 0 fully saturated rings. The molecule has 0 saturated heterocycles. The topological polar surface area (TPSA) is 8.17 Å². The zero-order valence-corrected chi connectivity index (χ0v) is 40.0. The Morgan fingerprint density at radius 3 is 1.86 bits per heavy atom. The van der Waals surface area contributed by atoms with Gasteiger partial charge in [-0.1, -0.05) is 148 Å². The number of hydrogen-bond donors (Lipinski definition) is 0. The van der Waals surface area contributed by atoms with Crippen LogP contribution in [0.25, 0.3) is 60.5 Å². The van der Waals surface area contributed by atoms with Crippen LogP contribution < -0.4 is 10.4 Å². The van der Waals surface area contributed by atoms with Gasteiger partial charge in [0.1, 0.15) is 0 Å². The van der Waals surface area contributed by atoms with Crippen LogP contribution in [0.1, 0.15) is 139 Å². The van der Waals surface area contributed by atoms with Crippen LogP contribution in [0.3, 0.4) is 0 Å². The summed E-state index contributed by atoms with van der Waals surface area (Å²) in [5.74, 6) is 0. The van der Waals surface area contributed by atoms with Gasteiger partial charge in [0.25, 0.3) is 0 Å². The van der Waals surface area contributed by atoms with Crippen molar-refractivity contribution in [2.45, 2.75) is 128 Å². The SMILES string of the molecule is CC1(C)CCC(C)(C)c2cc(N3C4=C(B5c6c3cc3c(c6-c6cccc7c8cc9ccccc9cc8n5c67)Cc5ccccc5-3)C(C)(C)c3cc5c(cc34)C(C)(C)CCC5(C)C)ccc21. The highest BCUT2D eigenvalue weighted by atomic mass is 15.2. The van der Waals surface area contributed by atoms with E-state index < -0.39 is 0 Å². The molecule has 0 radical (unpaired) electrons. The molecule has 2 aliphatic heterocycles. The lowest BCUT2D eigenvalue weighted by Gasteiger charge is -2.45. The van der Waals surface area contributed by atoms with Gasteiger partial charge in [-0.2, -0.15) is 0 Å². The van der Waals surface area contributed by atoms with E-state index in [1.165, 1.54) is 147 Å². The van der Waals surface area contributed by atoms with Crippen molar-refractivity contribution in [1.29, 1.82) is 0 Å². The second kappa shape index (κ2) is 12.0. The third-order valence-corrected chi connectivity index (χ3v) is 18.3. The standard InChI is InChI=1S/C62H59BN2/c1-58(2)24-25-59(3,4)48-31-38(22-23-46(48)58)64-52-33-42-39-19-14-13-18-37(39)29-44(42)53-41-21-15-20-40-43-28-35-16-11-12-17-36(35)30-51(43)65(55(40)41)63(54(52)53)57-56(64)45-32-49-50(34-47(45)62(57,9)10)61(7,8)27-26-60(49,5)6/h11-23,28,30-34H,24-27,29H2,1-10H3. The van der Waals surface area contributed by atoms with Crippen LogP contribution in [0, 0.1) is 0 Å². The van der Waals surface area contributed by atoms with E-state index in [2.05, 4.69) is 194 Å². The number of nitrogens with zero attached hydrogens (tertiary/aromatic N) is 2. The third kappa shape index (κ3) is 4.73. The molecule has 2 nitrogen and oxygen atoms in total. The predicted octanol–water partition coefficient (Wildman–Crippen LogP) is 15.3. The molecule has 0 atom stereocenters. The van der Waals surface area contributed by atoms with Crippen LogP contribution in [0.15, 0.2) is 121 Å². The van der Waals surface area contributed by atoms with Crippen LogP contribution >= 0.6 is 0 Å². The van der Waals surface area contributed by atoms with E-state index >= 15 is 0 Å². The molecule has 3 heterocycles. The molecule has 4 aliphatic carbocycles. The molecule has 7 aromatic carbocycles. The minimum atomic E-state index is -0.265. The average molecular weight is 843 g/mol. The largest absolute Gasteiger partial charge is 0.376 e. The van der Waals surface area contributed by atoms with Gasteiger partial charge in [0, 0.05) is 55.4 Å². The summed E-state index contributed by atoms with van der Waals surface area (Å²) < 4.78 is 2.83. The zero-order chi connectivity index (χ0) is 44.5. The minimum Gasteiger partial charge on any atom is -0.376 e. The van der Waals surface area contributed by atoms with Gasteiger partial charge in [-0.25, -0.2) is 0 Å². The first-order valence-electron chi connectivity index (χ1n) is 24.6. The highest BCUT2D eigenvalue weighted by Gasteiger charge is 2.55. The Morgan fingerprint density at radius 2 is 1.12 bits per heavy atom. The predicted molar refractivity (Wildman–Crippen MR) is 277 cm³/mol. The van der Waals surface area contributed by atoms with Crippen LogP contribution in [0.4, 0.5) is 11.4 Å². The van der Waals surface area contributed by atoms with Crippen molar-refractivity contribution in [3.8, 4) is 22.3 Å². The summed E-state index contributed by atoms with van der Waals surface area (Å²) in [6.07, 6.45) is 5.74. The molecule has 0 amide bonds. The van der Waals surface area contributed by atoms with Gasteiger partial charge in [0.15, 0.2) is 0 Å². The Hall–Kier alpha value is -5.80. The van der Waals surface area contributed by atoms with Crippen molar-refractivity contribution in [3.63, 3.8) is 0 Å². The molecule has 3 heteroatoms. The Bertz CT molecular complexity index is 3560. The normalized spacial score (nSPS) is 20.3. The van der Waals surface area contributed by atoms with Crippen LogP contribution in [0.2, 0.25) is 0 Å². The monoisotopic (exact) mass is 842 g/mol. The summed E-state index contributed by atoms with van der Waals surface area (Å²) in [7, 11) is 0. The molecular weight excluding hydrogens is 784 g/mol. The molecule has 0 saturated carbocycles. The smallest absolute Gasteiger partial charge is 0.329 e. The fourth-order valence-electron chi connectivity index (χ4n) is 14.4. The average Bonchev–Trinajstić information content (AvgIpc) is 3.89. The van der Waals surface area contributed by atoms with Gasteiger partial charge in [0.05, 0.1) is 0 Å². The maximum absolute atomic E-state index is 2.83. The molecule has 0 N–H and O–H groups in total. The lowest BCUT2D eigenvalue weighted by molar-refractivity contribution is 0.331. The Morgan fingerprint density at radius 1 is 0.492 bits per heavy atom. The summed E-state index contributed by atoms with van der Waals surface area (Å²) in [4.78, 5) is 2.80. The van der Waals surface area contributed by atoms with Crippen molar-refractivity contribution < 1.29 is 0 Å². The van der Waals surface area contributed by atoms with Gasteiger partial charge >= 0.3 is 6.85 Å². The highest BCUT2D eigenvalue weighted by molar-refractivity contribution is 6.86. The first-order valence-corrected chi connectivity index (χ1v) is 24.6. The molecule has 320 valence electrons. The number of allylic oxidation sites excluding steroid dienone is 1. The number of rotatable bonds is 1. The second-order valence-electron chi connectivity index (χ2n) is 24.2. The van der Waals surface area contributed by atoms with E-state index in [1.54, 1.807) is 5.56 Å². The first-order chi connectivity index (χ1) is 31.0. The van der Waals surface area contributed by atoms with E-state index in [9.17, 15) is 0 Å². The van der Waals surface area contributed by atoms with E-state index in [4.69, 9.17) is 0 Å². The molecule has 65 heavy (non-hydrogen) atoms. The minimum absolute atomic E-state index is 0.00442. The molecule has 0 bridgehead atoms. The molecule has 0 unspecified atom stereocenters. The van der Waals surface area contributed by atoms with Crippen molar-refractivity contribution in [3.05, 3.63) is 165 Å². The van der Waals surface area contributed by atoms with Crippen molar-refractivity contribution in [1.82, 2.24) is 4.48 Å². The number of anilines is 2. The molecule has 0 spiro atoms. The summed E-state index contributed by atoms with van der Waals surface area (Å²) in [6, 6.07) is 46.2. The number of hydrogen-bond acceptors (Lipinski definition) is 1. The first kappa shape index (κ1) is 38.5. The van der Waals surface area contributed by atoms with Gasteiger partial charge in [-0.15, -0.1) is 0 Å². The number of aromatic nitrogens is 1. The Labute approximate surface area is 385 Å². The van der Waals surface area contributed by atoms with Crippen molar-refractivity contribution in [2.75, 3.05) is 4.90 Å². The van der Waals surface area contributed by atoms with E-state index in [-0.39, 0.29) is 33.9 Å². The summed E-state index contributed by atoms with van der Waals surface area (Å²) >= 11 is 0. The molecule has 1 aromatic heterocycles. The van der Waals surface area contributed by atoms with Gasteiger partial charge in [-0.3, -0.25) is 0 Å². The molecule has 6 aliphatic rings. The summed E-state index contributed by atoms with van der Waals surface area (Å²) in [6.45, 7) is 25.1. The van der Waals surface area contributed by atoms with E-state index in [0.29, 0.717) is 0 Å². The maximum atomic E-state index is 2.83. The van der Waals surface area contributed by atoms with Crippen molar-refractivity contribution in [2.24, 2.45) is 0 Å². The fourth-order valence-corrected chi connectivity index (χ4v) is 14.4. The lowest BCUT2D eigenvalue weighted by Crippen LogP contribution is -2.52. The second-order valence-corrected chi connectivity index (χ2v) is 24.2. The van der Waals surface area contributed by atoms with Gasteiger partial charge in [-0.05, 0) is 168 Å². The quantitative estimate of drug-likeness (QED) is 0.150. The number of fused-ring (bicyclic) bond motifs is 15. The summed E-state index contributed by atoms with van der Waals surface area (Å²) in [5.41, 5.74) is 27.5. The Kier molecular flexibility index (Phi) is 7.08. The van der Waals surface area contributed by atoms with E-state index in [1.807, 2.05) is 0 Å².